The van der Waals surface area contributed by atoms with Crippen LogP contribution in [0.5, 0.6) is 0 Å². The van der Waals surface area contributed by atoms with E-state index in [0.29, 0.717) is 18.2 Å². The highest BCUT2D eigenvalue weighted by Crippen LogP contribution is 2.19. The molecule has 0 bridgehead atoms. The van der Waals surface area contributed by atoms with Crippen LogP contribution in [0.3, 0.4) is 0 Å². The molecule has 0 aromatic carbocycles. The molecular weight excluding hydrogens is 276 g/mol. The number of rotatable bonds is 7. The van der Waals surface area contributed by atoms with Crippen molar-refractivity contribution in [3.05, 3.63) is 30.7 Å². The summed E-state index contributed by atoms with van der Waals surface area (Å²) in [6.45, 7) is 4.29. The van der Waals surface area contributed by atoms with E-state index in [1.165, 1.54) is 0 Å². The molecule has 118 valence electrons. The number of anilines is 1. The Hall–Kier alpha value is -2.17. The Morgan fingerprint density at radius 2 is 2.09 bits per heavy atom. The molecule has 5 heteroatoms. The minimum absolute atomic E-state index is 0.0435. The first-order valence-corrected chi connectivity index (χ1v) is 7.87. The lowest BCUT2D eigenvalue weighted by Gasteiger charge is -2.13. The minimum atomic E-state index is 0.0435. The molecular formula is C17H24N4O. The smallest absolute Gasteiger partial charge is 0.225 e. The van der Waals surface area contributed by atoms with Crippen molar-refractivity contribution in [3.63, 3.8) is 0 Å². The van der Waals surface area contributed by atoms with Crippen LogP contribution in [0.25, 0.3) is 11.1 Å². The zero-order chi connectivity index (χ0) is 15.9. The average molecular weight is 300 g/mol. The van der Waals surface area contributed by atoms with E-state index in [4.69, 9.17) is 0 Å². The summed E-state index contributed by atoms with van der Waals surface area (Å²) in [5, 5.41) is 7.02. The Kier molecular flexibility index (Phi) is 5.69. The SMILES string of the molecule is CCCC(CC)CC(=O)Nc1ccc(-c2cnn(C)c2)cn1. The molecule has 0 radical (unpaired) electrons. The van der Waals surface area contributed by atoms with Gasteiger partial charge >= 0.3 is 0 Å². The van der Waals surface area contributed by atoms with E-state index in [-0.39, 0.29) is 5.91 Å². The average Bonchev–Trinajstić information content (AvgIpc) is 2.94. The van der Waals surface area contributed by atoms with Crippen LogP contribution in [0.15, 0.2) is 30.7 Å². The molecule has 2 aromatic heterocycles. The second-order valence-corrected chi connectivity index (χ2v) is 5.65. The van der Waals surface area contributed by atoms with Gasteiger partial charge in [-0.1, -0.05) is 33.1 Å². The van der Waals surface area contributed by atoms with Gasteiger partial charge in [-0.25, -0.2) is 4.98 Å². The van der Waals surface area contributed by atoms with E-state index in [0.717, 1.165) is 30.4 Å². The van der Waals surface area contributed by atoms with E-state index in [2.05, 4.69) is 29.2 Å². The number of hydrogen-bond acceptors (Lipinski definition) is 3. The van der Waals surface area contributed by atoms with Gasteiger partial charge < -0.3 is 5.32 Å². The highest BCUT2D eigenvalue weighted by atomic mass is 16.1. The fraction of sp³-hybridized carbons (Fsp3) is 0.471. The number of hydrogen-bond donors (Lipinski definition) is 1. The van der Waals surface area contributed by atoms with Gasteiger partial charge in [0.1, 0.15) is 5.82 Å². The van der Waals surface area contributed by atoms with Gasteiger partial charge in [0, 0.05) is 37.0 Å². The molecule has 0 spiro atoms. The van der Waals surface area contributed by atoms with E-state index >= 15 is 0 Å². The Morgan fingerprint density at radius 3 is 2.64 bits per heavy atom. The zero-order valence-electron chi connectivity index (χ0n) is 13.5. The summed E-state index contributed by atoms with van der Waals surface area (Å²) in [6.07, 6.45) is 9.31. The van der Waals surface area contributed by atoms with Crippen LogP contribution in [0.4, 0.5) is 5.82 Å². The number of nitrogens with one attached hydrogen (secondary N) is 1. The van der Waals surface area contributed by atoms with Gasteiger partial charge in [-0.3, -0.25) is 9.48 Å². The molecule has 0 saturated heterocycles. The second-order valence-electron chi connectivity index (χ2n) is 5.65. The van der Waals surface area contributed by atoms with Gasteiger partial charge in [-0.15, -0.1) is 0 Å². The molecule has 2 heterocycles. The van der Waals surface area contributed by atoms with E-state index < -0.39 is 0 Å². The predicted octanol–water partition coefficient (Wildman–Crippen LogP) is 3.64. The Morgan fingerprint density at radius 1 is 1.27 bits per heavy atom. The summed E-state index contributed by atoms with van der Waals surface area (Å²) in [4.78, 5) is 16.4. The second kappa shape index (κ2) is 7.73. The van der Waals surface area contributed by atoms with Gasteiger partial charge in [0.05, 0.1) is 6.20 Å². The van der Waals surface area contributed by atoms with E-state index in [9.17, 15) is 4.79 Å². The molecule has 1 amide bonds. The minimum Gasteiger partial charge on any atom is -0.311 e. The first-order valence-electron chi connectivity index (χ1n) is 7.87. The lowest BCUT2D eigenvalue weighted by Crippen LogP contribution is -2.16. The maximum Gasteiger partial charge on any atom is 0.225 e. The summed E-state index contributed by atoms with van der Waals surface area (Å²) in [6, 6.07) is 3.78. The molecule has 0 saturated carbocycles. The van der Waals surface area contributed by atoms with Gasteiger partial charge in [-0.2, -0.15) is 5.10 Å². The van der Waals surface area contributed by atoms with Crippen LogP contribution in [-0.2, 0) is 11.8 Å². The normalized spacial score (nSPS) is 12.1. The highest BCUT2D eigenvalue weighted by molar-refractivity contribution is 5.90. The molecule has 2 aromatic rings. The van der Waals surface area contributed by atoms with Crippen LogP contribution in [0.1, 0.15) is 39.5 Å². The molecule has 0 aliphatic rings. The number of carbonyl (C=O) groups is 1. The highest BCUT2D eigenvalue weighted by Gasteiger charge is 2.12. The van der Waals surface area contributed by atoms with Crippen LogP contribution < -0.4 is 5.32 Å². The summed E-state index contributed by atoms with van der Waals surface area (Å²) in [5.41, 5.74) is 2.00. The van der Waals surface area contributed by atoms with Crippen molar-refractivity contribution >= 4 is 11.7 Å². The van der Waals surface area contributed by atoms with Crippen molar-refractivity contribution in [2.45, 2.75) is 39.5 Å². The first kappa shape index (κ1) is 16.2. The third-order valence-electron chi connectivity index (χ3n) is 3.82. The molecule has 1 unspecified atom stereocenters. The third-order valence-corrected chi connectivity index (χ3v) is 3.82. The van der Waals surface area contributed by atoms with Crippen LogP contribution in [-0.4, -0.2) is 20.7 Å². The lowest BCUT2D eigenvalue weighted by molar-refractivity contribution is -0.117. The monoisotopic (exact) mass is 300 g/mol. The van der Waals surface area contributed by atoms with Gasteiger partial charge in [0.15, 0.2) is 0 Å². The number of aromatic nitrogens is 3. The molecule has 0 fully saturated rings. The fourth-order valence-electron chi connectivity index (χ4n) is 2.52. The topological polar surface area (TPSA) is 59.8 Å². The van der Waals surface area contributed by atoms with Crippen LogP contribution in [0, 0.1) is 5.92 Å². The molecule has 0 aliphatic carbocycles. The van der Waals surface area contributed by atoms with Crippen LogP contribution >= 0.6 is 0 Å². The Bertz CT molecular complexity index is 603. The van der Waals surface area contributed by atoms with E-state index in [1.807, 2.05) is 25.4 Å². The van der Waals surface area contributed by atoms with Gasteiger partial charge in [-0.05, 0) is 18.1 Å². The standard InChI is InChI=1S/C17H24N4O/c1-4-6-13(5-2)9-17(22)20-16-8-7-14(10-18-16)15-11-19-21(3)12-15/h7-8,10-13H,4-6,9H2,1-3H3,(H,18,20,22). The largest absolute Gasteiger partial charge is 0.311 e. The number of pyridine rings is 1. The number of nitrogens with zero attached hydrogens (tertiary/aromatic N) is 3. The van der Waals surface area contributed by atoms with Crippen molar-refractivity contribution in [1.82, 2.24) is 14.8 Å². The zero-order valence-corrected chi connectivity index (χ0v) is 13.5. The number of aryl methyl sites for hydroxylation is 1. The summed E-state index contributed by atoms with van der Waals surface area (Å²) >= 11 is 0. The van der Waals surface area contributed by atoms with Crippen molar-refractivity contribution in [3.8, 4) is 11.1 Å². The maximum atomic E-state index is 12.1. The predicted molar refractivity (Wildman–Crippen MR) is 88.4 cm³/mol. The summed E-state index contributed by atoms with van der Waals surface area (Å²) < 4.78 is 1.75. The first-order chi connectivity index (χ1) is 10.6. The van der Waals surface area contributed by atoms with E-state index in [1.54, 1.807) is 17.1 Å². The quantitative estimate of drug-likeness (QED) is 0.849. The molecule has 1 N–H and O–H groups in total. The Balaban J connectivity index is 1.94. The van der Waals surface area contributed by atoms with Gasteiger partial charge in [0.25, 0.3) is 0 Å². The fourth-order valence-corrected chi connectivity index (χ4v) is 2.52. The number of carbonyl (C=O) groups excluding carboxylic acids is 1. The van der Waals surface area contributed by atoms with Crippen molar-refractivity contribution in [2.75, 3.05) is 5.32 Å². The summed E-state index contributed by atoms with van der Waals surface area (Å²) in [7, 11) is 1.88. The molecule has 5 nitrogen and oxygen atoms in total. The maximum absolute atomic E-state index is 12.1. The number of amides is 1. The molecule has 1 atom stereocenters. The summed E-state index contributed by atoms with van der Waals surface area (Å²) in [5.74, 6) is 1.10. The van der Waals surface area contributed by atoms with Crippen molar-refractivity contribution < 1.29 is 4.79 Å². The lowest BCUT2D eigenvalue weighted by atomic mass is 9.97. The molecule has 2 rings (SSSR count). The van der Waals surface area contributed by atoms with Crippen molar-refractivity contribution in [1.29, 1.82) is 0 Å². The molecule has 0 aliphatic heterocycles. The van der Waals surface area contributed by atoms with Crippen molar-refractivity contribution in [2.24, 2.45) is 13.0 Å². The third kappa shape index (κ3) is 4.41. The van der Waals surface area contributed by atoms with Gasteiger partial charge in [0.2, 0.25) is 5.91 Å². The van der Waals surface area contributed by atoms with Crippen LogP contribution in [0.2, 0.25) is 0 Å². The molecule has 22 heavy (non-hydrogen) atoms. The Labute approximate surface area is 131 Å².